The van der Waals surface area contributed by atoms with Gasteiger partial charge in [-0.25, -0.2) is 4.79 Å². The molecule has 0 aromatic heterocycles. The van der Waals surface area contributed by atoms with Gasteiger partial charge in [0.1, 0.15) is 6.04 Å². The van der Waals surface area contributed by atoms with Gasteiger partial charge in [0.15, 0.2) is 6.61 Å². The van der Waals surface area contributed by atoms with Crippen LogP contribution in [0.2, 0.25) is 5.02 Å². The van der Waals surface area contributed by atoms with Crippen molar-refractivity contribution in [3.8, 4) is 0 Å². The van der Waals surface area contributed by atoms with Crippen molar-refractivity contribution >= 4 is 35.1 Å². The lowest BCUT2D eigenvalue weighted by atomic mass is 9.94. The van der Waals surface area contributed by atoms with Crippen LogP contribution in [-0.4, -0.2) is 35.3 Å². The maximum atomic E-state index is 12.8. The van der Waals surface area contributed by atoms with Gasteiger partial charge in [-0.3, -0.25) is 9.59 Å². The molecule has 0 saturated carbocycles. The quantitative estimate of drug-likeness (QED) is 0.713. The molecule has 2 aromatic rings. The summed E-state index contributed by atoms with van der Waals surface area (Å²) in [5.74, 6) is -1.97. The van der Waals surface area contributed by atoms with E-state index < -0.39 is 36.3 Å². The minimum Gasteiger partial charge on any atom is -0.454 e. The van der Waals surface area contributed by atoms with Crippen molar-refractivity contribution in [2.45, 2.75) is 32.1 Å². The van der Waals surface area contributed by atoms with E-state index in [0.29, 0.717) is 6.07 Å². The van der Waals surface area contributed by atoms with E-state index in [-0.39, 0.29) is 29.6 Å². The van der Waals surface area contributed by atoms with Gasteiger partial charge in [0.2, 0.25) is 5.91 Å². The first kappa shape index (κ1) is 22.6. The van der Waals surface area contributed by atoms with Crippen LogP contribution in [0, 0.1) is 0 Å². The number of carbonyl (C=O) groups is 3. The molecule has 1 N–H and O–H groups in total. The number of alkyl halides is 3. The lowest BCUT2D eigenvalue weighted by Crippen LogP contribution is -2.48. The fraction of sp³-hybridized carbons (Fsp3) is 0.286. The van der Waals surface area contributed by atoms with Crippen molar-refractivity contribution in [3.05, 3.63) is 64.2 Å². The second-order valence-corrected chi connectivity index (χ2v) is 7.39. The number of nitrogens with one attached hydrogen (secondary N) is 1. The van der Waals surface area contributed by atoms with Crippen molar-refractivity contribution in [3.63, 3.8) is 0 Å². The third-order valence-corrected chi connectivity index (χ3v) is 5.17. The van der Waals surface area contributed by atoms with Crippen LogP contribution in [0.3, 0.4) is 0 Å². The van der Waals surface area contributed by atoms with E-state index in [9.17, 15) is 27.6 Å². The van der Waals surface area contributed by atoms with E-state index in [1.165, 1.54) is 11.8 Å². The summed E-state index contributed by atoms with van der Waals surface area (Å²) in [6.45, 7) is 0.823. The number of halogens is 4. The Morgan fingerprint density at radius 3 is 2.48 bits per heavy atom. The molecule has 2 aromatic carbocycles. The maximum Gasteiger partial charge on any atom is 0.416 e. The van der Waals surface area contributed by atoms with Crippen LogP contribution in [0.25, 0.3) is 0 Å². The van der Waals surface area contributed by atoms with Crippen molar-refractivity contribution in [2.75, 3.05) is 11.9 Å². The molecular formula is C21H18ClF3N2O4. The van der Waals surface area contributed by atoms with E-state index in [2.05, 4.69) is 5.32 Å². The Hall–Kier alpha value is -3.07. The Bertz CT molecular complexity index is 1030. The smallest absolute Gasteiger partial charge is 0.416 e. The van der Waals surface area contributed by atoms with Gasteiger partial charge in [-0.05, 0) is 29.3 Å². The molecule has 1 aliphatic heterocycles. The van der Waals surface area contributed by atoms with Gasteiger partial charge in [-0.2, -0.15) is 13.2 Å². The molecule has 0 spiro atoms. The first-order valence-electron chi connectivity index (χ1n) is 9.23. The Balaban J connectivity index is 1.65. The summed E-state index contributed by atoms with van der Waals surface area (Å²) < 4.78 is 43.6. The largest absolute Gasteiger partial charge is 0.454 e. The molecule has 31 heavy (non-hydrogen) atoms. The second-order valence-electron chi connectivity index (χ2n) is 6.98. The minimum absolute atomic E-state index is 0.0979. The highest BCUT2D eigenvalue weighted by molar-refractivity contribution is 6.33. The summed E-state index contributed by atoms with van der Waals surface area (Å²) in [6.07, 6.45) is -4.38. The van der Waals surface area contributed by atoms with Crippen molar-refractivity contribution < 1.29 is 32.3 Å². The van der Waals surface area contributed by atoms with Gasteiger partial charge in [-0.15, -0.1) is 0 Å². The first-order valence-corrected chi connectivity index (χ1v) is 9.61. The zero-order valence-electron chi connectivity index (χ0n) is 16.3. The summed E-state index contributed by atoms with van der Waals surface area (Å²) in [7, 11) is 0. The average Bonchev–Trinajstić information content (AvgIpc) is 2.71. The van der Waals surface area contributed by atoms with E-state index >= 15 is 0 Å². The Morgan fingerprint density at radius 1 is 1.16 bits per heavy atom. The predicted octanol–water partition coefficient (Wildman–Crippen LogP) is 3.81. The maximum absolute atomic E-state index is 12.8. The molecule has 0 saturated heterocycles. The summed E-state index contributed by atoms with van der Waals surface area (Å²) in [6, 6.07) is 8.94. The fourth-order valence-electron chi connectivity index (χ4n) is 3.28. The number of esters is 1. The zero-order valence-corrected chi connectivity index (χ0v) is 17.1. The third-order valence-electron chi connectivity index (χ3n) is 4.84. The number of carbonyl (C=O) groups excluding carboxylic acids is 3. The number of ether oxygens (including phenoxy) is 1. The number of anilines is 1. The monoisotopic (exact) mass is 454 g/mol. The number of hydrogen-bond donors (Lipinski definition) is 1. The van der Waals surface area contributed by atoms with Crippen molar-refractivity contribution in [2.24, 2.45) is 0 Å². The topological polar surface area (TPSA) is 75.7 Å². The molecule has 1 heterocycles. The Morgan fingerprint density at radius 2 is 1.84 bits per heavy atom. The fourth-order valence-corrected chi connectivity index (χ4v) is 3.45. The van der Waals surface area contributed by atoms with Gasteiger partial charge in [0, 0.05) is 19.9 Å². The standard InChI is InChI=1S/C21H18ClF3N2O4/c1-12(28)27-10-14-5-3-2-4-13(14)8-18(27)20(30)31-11-19(29)26-17-9-15(21(23,24)25)6-7-16(17)22/h2-7,9,18H,8,10-11H2,1H3,(H,26,29)/t18-/m1/s1. The molecule has 1 aliphatic rings. The van der Waals surface area contributed by atoms with Crippen LogP contribution in [0.4, 0.5) is 18.9 Å². The molecule has 3 rings (SSSR count). The summed E-state index contributed by atoms with van der Waals surface area (Å²) in [4.78, 5) is 38.0. The summed E-state index contributed by atoms with van der Waals surface area (Å²) in [5.41, 5.74) is 0.567. The molecular weight excluding hydrogens is 437 g/mol. The number of nitrogens with zero attached hydrogens (tertiary/aromatic N) is 1. The molecule has 2 amide bonds. The van der Waals surface area contributed by atoms with Gasteiger partial charge < -0.3 is 15.0 Å². The lowest BCUT2D eigenvalue weighted by molar-refractivity contribution is -0.157. The molecule has 0 aliphatic carbocycles. The van der Waals surface area contributed by atoms with E-state index in [0.717, 1.165) is 23.3 Å². The molecule has 0 radical (unpaired) electrons. The van der Waals surface area contributed by atoms with Crippen LogP contribution in [0.1, 0.15) is 23.6 Å². The van der Waals surface area contributed by atoms with E-state index in [4.69, 9.17) is 16.3 Å². The third kappa shape index (κ3) is 5.35. The van der Waals surface area contributed by atoms with E-state index in [1.807, 2.05) is 24.3 Å². The van der Waals surface area contributed by atoms with Crippen LogP contribution in [-0.2, 0) is 38.3 Å². The van der Waals surface area contributed by atoms with Crippen molar-refractivity contribution in [1.29, 1.82) is 0 Å². The Kier molecular flexibility index (Phi) is 6.54. The average molecular weight is 455 g/mol. The Labute approximate surface area is 180 Å². The number of benzene rings is 2. The number of amides is 2. The summed E-state index contributed by atoms with van der Waals surface area (Å²) in [5, 5.41) is 2.10. The zero-order chi connectivity index (χ0) is 22.8. The minimum atomic E-state index is -4.61. The first-order chi connectivity index (χ1) is 14.6. The van der Waals surface area contributed by atoms with Gasteiger partial charge >= 0.3 is 12.1 Å². The lowest BCUT2D eigenvalue weighted by Gasteiger charge is -2.34. The molecule has 10 heteroatoms. The number of rotatable bonds is 4. The molecule has 1 atom stereocenters. The highest BCUT2D eigenvalue weighted by atomic mass is 35.5. The molecule has 0 unspecified atom stereocenters. The predicted molar refractivity (Wildman–Crippen MR) is 106 cm³/mol. The molecule has 6 nitrogen and oxygen atoms in total. The molecule has 0 fully saturated rings. The van der Waals surface area contributed by atoms with Gasteiger partial charge in [0.25, 0.3) is 5.91 Å². The summed E-state index contributed by atoms with van der Waals surface area (Å²) >= 11 is 5.84. The molecule has 0 bridgehead atoms. The van der Waals surface area contributed by atoms with Crippen LogP contribution in [0.5, 0.6) is 0 Å². The number of hydrogen-bond acceptors (Lipinski definition) is 4. The highest BCUT2D eigenvalue weighted by Crippen LogP contribution is 2.33. The van der Waals surface area contributed by atoms with Gasteiger partial charge in [0.05, 0.1) is 16.3 Å². The van der Waals surface area contributed by atoms with Crippen molar-refractivity contribution in [1.82, 2.24) is 4.90 Å². The molecule has 164 valence electrons. The second kappa shape index (κ2) is 8.97. The van der Waals surface area contributed by atoms with Crippen LogP contribution < -0.4 is 5.32 Å². The normalized spacial score (nSPS) is 15.8. The van der Waals surface area contributed by atoms with Gasteiger partial charge in [-0.1, -0.05) is 35.9 Å². The SMILES string of the molecule is CC(=O)N1Cc2ccccc2C[C@@H]1C(=O)OCC(=O)Nc1cc(C(F)(F)F)ccc1Cl. The number of fused-ring (bicyclic) bond motifs is 1. The van der Waals surface area contributed by atoms with Crippen LogP contribution >= 0.6 is 11.6 Å². The highest BCUT2D eigenvalue weighted by Gasteiger charge is 2.34. The van der Waals surface area contributed by atoms with E-state index in [1.54, 1.807) is 0 Å². The van der Waals surface area contributed by atoms with Crippen LogP contribution in [0.15, 0.2) is 42.5 Å².